The van der Waals surface area contributed by atoms with Crippen molar-refractivity contribution >= 4 is 16.7 Å². The summed E-state index contributed by atoms with van der Waals surface area (Å²) in [5.74, 6) is 0.597. The van der Waals surface area contributed by atoms with E-state index in [-0.39, 0.29) is 24.7 Å². The van der Waals surface area contributed by atoms with E-state index in [0.717, 1.165) is 22.2 Å². The molecule has 0 spiro atoms. The molecule has 4 rings (SSSR count). The van der Waals surface area contributed by atoms with Crippen LogP contribution < -0.4 is 4.74 Å². The van der Waals surface area contributed by atoms with Crippen molar-refractivity contribution in [1.29, 1.82) is 0 Å². The van der Waals surface area contributed by atoms with Crippen LogP contribution in [0.3, 0.4) is 0 Å². The van der Waals surface area contributed by atoms with Crippen LogP contribution >= 0.6 is 0 Å². The first-order valence-corrected chi connectivity index (χ1v) is 8.79. The summed E-state index contributed by atoms with van der Waals surface area (Å²) in [6.07, 6.45) is -0.955. The second kappa shape index (κ2) is 6.11. The highest BCUT2D eigenvalue weighted by molar-refractivity contribution is 6.20. The lowest BCUT2D eigenvalue weighted by Gasteiger charge is -2.32. The number of aromatic nitrogens is 1. The standard InChI is InChI=1S/C21H21NO5/c1-21(2)16-8-13(27-10-12(25)9-23)4-6-14(16)19(26)18-15-5-3-11(24)7-17(15)22-20(18)21/h3-8,12,22-25H,9-10H2,1-2H3. The van der Waals surface area contributed by atoms with Gasteiger partial charge in [0.1, 0.15) is 24.2 Å². The van der Waals surface area contributed by atoms with Crippen molar-refractivity contribution in [2.75, 3.05) is 13.2 Å². The predicted octanol–water partition coefficient (Wildman–Crippen LogP) is 2.48. The molecule has 0 amide bonds. The Hall–Kier alpha value is -2.83. The molecule has 1 aromatic heterocycles. The highest BCUT2D eigenvalue weighted by atomic mass is 16.5. The summed E-state index contributed by atoms with van der Waals surface area (Å²) in [7, 11) is 0. The number of benzene rings is 2. The molecule has 1 aliphatic rings. The van der Waals surface area contributed by atoms with E-state index in [1.165, 1.54) is 0 Å². The van der Waals surface area contributed by atoms with Crippen LogP contribution in [0.4, 0.5) is 0 Å². The maximum atomic E-state index is 13.2. The number of H-pyrrole nitrogens is 1. The molecule has 0 saturated heterocycles. The number of aromatic hydroxyl groups is 1. The number of fused-ring (bicyclic) bond motifs is 4. The van der Waals surface area contributed by atoms with Gasteiger partial charge in [-0.3, -0.25) is 4.79 Å². The van der Waals surface area contributed by atoms with Crippen LogP contribution in [0.2, 0.25) is 0 Å². The number of hydrogen-bond donors (Lipinski definition) is 4. The van der Waals surface area contributed by atoms with Crippen LogP contribution in [-0.2, 0) is 5.41 Å². The fourth-order valence-corrected chi connectivity index (χ4v) is 3.73. The number of aliphatic hydroxyl groups is 2. The first-order valence-electron chi connectivity index (χ1n) is 8.79. The van der Waals surface area contributed by atoms with Gasteiger partial charge >= 0.3 is 0 Å². The molecule has 1 atom stereocenters. The SMILES string of the molecule is CC1(C)c2cc(OCC(O)CO)ccc2C(=O)c2c1[nH]c1cc(O)ccc21. The van der Waals surface area contributed by atoms with Gasteiger partial charge in [0, 0.05) is 28.1 Å². The number of phenolic OH excluding ortho intramolecular Hbond substituents is 1. The van der Waals surface area contributed by atoms with E-state index in [1.807, 2.05) is 19.9 Å². The first kappa shape index (κ1) is 17.6. The molecule has 27 heavy (non-hydrogen) atoms. The van der Waals surface area contributed by atoms with Gasteiger partial charge in [0.2, 0.25) is 0 Å². The smallest absolute Gasteiger partial charge is 0.195 e. The van der Waals surface area contributed by atoms with Crippen molar-refractivity contribution in [3.05, 3.63) is 58.8 Å². The van der Waals surface area contributed by atoms with E-state index in [2.05, 4.69) is 4.98 Å². The van der Waals surface area contributed by atoms with Gasteiger partial charge in [0.15, 0.2) is 5.78 Å². The molecule has 6 nitrogen and oxygen atoms in total. The molecule has 1 heterocycles. The minimum Gasteiger partial charge on any atom is -0.508 e. The lowest BCUT2D eigenvalue weighted by Crippen LogP contribution is -2.30. The van der Waals surface area contributed by atoms with E-state index in [9.17, 15) is 15.0 Å². The highest BCUT2D eigenvalue weighted by Crippen LogP contribution is 2.44. The Morgan fingerprint density at radius 2 is 1.96 bits per heavy atom. The Bertz CT molecular complexity index is 1050. The molecule has 0 saturated carbocycles. The van der Waals surface area contributed by atoms with Crippen molar-refractivity contribution in [3.63, 3.8) is 0 Å². The fraction of sp³-hybridized carbons (Fsp3) is 0.286. The number of aliphatic hydroxyl groups excluding tert-OH is 2. The van der Waals surface area contributed by atoms with Gasteiger partial charge in [0.25, 0.3) is 0 Å². The molecule has 2 aromatic carbocycles. The Balaban J connectivity index is 1.83. The maximum absolute atomic E-state index is 13.2. The van der Waals surface area contributed by atoms with Crippen LogP contribution in [-0.4, -0.2) is 45.4 Å². The Kier molecular flexibility index (Phi) is 3.98. The molecule has 1 unspecified atom stereocenters. The van der Waals surface area contributed by atoms with Crippen molar-refractivity contribution in [2.24, 2.45) is 0 Å². The van der Waals surface area contributed by atoms with Crippen LogP contribution in [0.25, 0.3) is 10.9 Å². The van der Waals surface area contributed by atoms with E-state index in [4.69, 9.17) is 9.84 Å². The maximum Gasteiger partial charge on any atom is 0.195 e. The molecule has 6 heteroatoms. The number of ether oxygens (including phenoxy) is 1. The van der Waals surface area contributed by atoms with Crippen LogP contribution in [0, 0.1) is 0 Å². The average molecular weight is 367 g/mol. The number of nitrogens with one attached hydrogen (secondary N) is 1. The van der Waals surface area contributed by atoms with Crippen molar-refractivity contribution in [1.82, 2.24) is 4.98 Å². The summed E-state index contributed by atoms with van der Waals surface area (Å²) in [6, 6.07) is 10.2. The number of carbonyl (C=O) groups excluding carboxylic acids is 1. The third-order valence-electron chi connectivity index (χ3n) is 5.20. The molecule has 0 aliphatic heterocycles. The summed E-state index contributed by atoms with van der Waals surface area (Å²) in [6.45, 7) is 3.65. The molecule has 0 bridgehead atoms. The van der Waals surface area contributed by atoms with Gasteiger partial charge in [-0.2, -0.15) is 0 Å². The second-order valence-corrected chi connectivity index (χ2v) is 7.41. The van der Waals surface area contributed by atoms with Gasteiger partial charge in [-0.25, -0.2) is 0 Å². The topological polar surface area (TPSA) is 103 Å². The summed E-state index contributed by atoms with van der Waals surface area (Å²) >= 11 is 0. The van der Waals surface area contributed by atoms with E-state index in [0.29, 0.717) is 16.9 Å². The van der Waals surface area contributed by atoms with Gasteiger partial charge in [-0.1, -0.05) is 13.8 Å². The molecular formula is C21H21NO5. The zero-order chi connectivity index (χ0) is 19.3. The largest absolute Gasteiger partial charge is 0.508 e. The highest BCUT2D eigenvalue weighted by Gasteiger charge is 2.39. The van der Waals surface area contributed by atoms with Crippen LogP contribution in [0.5, 0.6) is 11.5 Å². The van der Waals surface area contributed by atoms with Crippen LogP contribution in [0.15, 0.2) is 36.4 Å². The average Bonchev–Trinajstić information content (AvgIpc) is 3.04. The summed E-state index contributed by atoms with van der Waals surface area (Å²) in [4.78, 5) is 16.5. The number of rotatable bonds is 4. The molecule has 0 fully saturated rings. The number of phenols is 1. The molecule has 4 N–H and O–H groups in total. The van der Waals surface area contributed by atoms with Crippen molar-refractivity contribution < 1.29 is 24.9 Å². The van der Waals surface area contributed by atoms with E-state index >= 15 is 0 Å². The Morgan fingerprint density at radius 3 is 2.70 bits per heavy atom. The van der Waals surface area contributed by atoms with Gasteiger partial charge in [-0.15, -0.1) is 0 Å². The van der Waals surface area contributed by atoms with E-state index < -0.39 is 11.5 Å². The zero-order valence-electron chi connectivity index (χ0n) is 15.1. The quantitative estimate of drug-likeness (QED) is 0.567. The van der Waals surface area contributed by atoms with Gasteiger partial charge in [0.05, 0.1) is 17.7 Å². The summed E-state index contributed by atoms with van der Waals surface area (Å²) in [5.41, 5.74) is 3.10. The summed E-state index contributed by atoms with van der Waals surface area (Å²) < 4.78 is 5.55. The lowest BCUT2D eigenvalue weighted by molar-refractivity contribution is 0.0535. The first-order chi connectivity index (χ1) is 12.8. The van der Waals surface area contributed by atoms with Crippen molar-refractivity contribution in [2.45, 2.75) is 25.4 Å². The predicted molar refractivity (Wildman–Crippen MR) is 101 cm³/mol. The molecule has 0 radical (unpaired) electrons. The number of carbonyl (C=O) groups is 1. The third kappa shape index (κ3) is 2.69. The lowest BCUT2D eigenvalue weighted by atomic mass is 9.71. The number of hydrogen-bond acceptors (Lipinski definition) is 5. The van der Waals surface area contributed by atoms with E-state index in [1.54, 1.807) is 30.3 Å². The second-order valence-electron chi connectivity index (χ2n) is 7.41. The van der Waals surface area contributed by atoms with Gasteiger partial charge in [-0.05, 0) is 35.9 Å². The fourth-order valence-electron chi connectivity index (χ4n) is 3.73. The minimum atomic E-state index is -0.955. The number of ketones is 1. The molecule has 140 valence electrons. The van der Waals surface area contributed by atoms with Crippen molar-refractivity contribution in [3.8, 4) is 11.5 Å². The molecule has 3 aromatic rings. The third-order valence-corrected chi connectivity index (χ3v) is 5.20. The Labute approximate surface area is 156 Å². The number of aromatic amines is 1. The van der Waals surface area contributed by atoms with Crippen LogP contribution in [0.1, 0.15) is 41.0 Å². The Morgan fingerprint density at radius 1 is 1.19 bits per heavy atom. The molecule has 1 aliphatic carbocycles. The zero-order valence-corrected chi connectivity index (χ0v) is 15.1. The van der Waals surface area contributed by atoms with Gasteiger partial charge < -0.3 is 25.0 Å². The normalized spacial score (nSPS) is 16.1. The molecular weight excluding hydrogens is 346 g/mol. The monoisotopic (exact) mass is 367 g/mol. The summed E-state index contributed by atoms with van der Waals surface area (Å²) in [5, 5.41) is 29.0. The minimum absolute atomic E-state index is 0.0272.